The van der Waals surface area contributed by atoms with Crippen LogP contribution in [0.1, 0.15) is 197 Å². The number of carbonyl (C=O) groups is 4. The van der Waals surface area contributed by atoms with E-state index in [4.69, 9.17) is 18.9 Å². The molecule has 0 unspecified atom stereocenters. The molecule has 63 heavy (non-hydrogen) atoms. The van der Waals surface area contributed by atoms with Crippen LogP contribution >= 0.6 is 0 Å². The average Bonchev–Trinajstić information content (AvgIpc) is 3.23. The van der Waals surface area contributed by atoms with Crippen LogP contribution in [-0.2, 0) is 39.2 Å². The minimum Gasteiger partial charge on any atom is -0.748 e. The summed E-state index contributed by atoms with van der Waals surface area (Å²) in [5.74, 6) is -4.63. The molecule has 0 aliphatic carbocycles. The summed E-state index contributed by atoms with van der Waals surface area (Å²) in [6, 6.07) is 12.0. The Morgan fingerprint density at radius 2 is 0.587 bits per heavy atom. The Labute approximate surface area is 406 Å². The average molecular weight is 951 g/mol. The predicted octanol–water partition coefficient (Wildman–Crippen LogP) is 9.33. The molecule has 0 saturated heterocycles. The molecule has 2 rings (SSSR count). The first kappa shape index (κ1) is 60.4. The molecule has 352 valence electrons. The van der Waals surface area contributed by atoms with Gasteiger partial charge in [-0.25, -0.2) is 36.0 Å². The zero-order chi connectivity index (χ0) is 45.9. The summed E-state index contributed by atoms with van der Waals surface area (Å²) in [6.07, 6.45) is 26.3. The van der Waals surface area contributed by atoms with Crippen molar-refractivity contribution < 1.29 is 64.1 Å². The van der Waals surface area contributed by atoms with E-state index >= 15 is 0 Å². The van der Waals surface area contributed by atoms with Gasteiger partial charge in [-0.1, -0.05) is 167 Å². The molecule has 0 aliphatic rings. The quantitative estimate of drug-likeness (QED) is 0.0210. The summed E-state index contributed by atoms with van der Waals surface area (Å²) in [4.78, 5) is 48.8. The summed E-state index contributed by atoms with van der Waals surface area (Å²) in [5.41, 5.74) is 0.0746. The van der Waals surface area contributed by atoms with Gasteiger partial charge in [-0.2, -0.15) is 0 Å². The third kappa shape index (κ3) is 32.7. The second-order valence-corrected chi connectivity index (χ2v) is 18.3. The van der Waals surface area contributed by atoms with Crippen molar-refractivity contribution >= 4 is 81.9 Å². The molecule has 0 N–H and O–H groups in total. The van der Waals surface area contributed by atoms with Gasteiger partial charge in [0, 0.05) is 0 Å². The van der Waals surface area contributed by atoms with Crippen LogP contribution in [0.4, 0.5) is 0 Å². The van der Waals surface area contributed by atoms with E-state index in [9.17, 15) is 45.1 Å². The minimum atomic E-state index is -4.48. The fourth-order valence-corrected chi connectivity index (χ4v) is 6.90. The van der Waals surface area contributed by atoms with Gasteiger partial charge in [-0.3, -0.25) is 0 Å². The topological polar surface area (TPSA) is 220 Å². The van der Waals surface area contributed by atoms with Crippen molar-refractivity contribution in [1.29, 1.82) is 0 Å². The number of hydrogen-bond donors (Lipinski definition) is 0. The Bertz CT molecular complexity index is 1650. The maximum absolute atomic E-state index is 12.3. The van der Waals surface area contributed by atoms with Crippen molar-refractivity contribution in [2.24, 2.45) is 0 Å². The summed E-state index contributed by atoms with van der Waals surface area (Å²) in [6.45, 7) is 3.86. The number of benzene rings is 2. The number of hydrogen-bond acceptors (Lipinski definition) is 14. The van der Waals surface area contributed by atoms with E-state index in [-0.39, 0.29) is 73.2 Å². The molecule has 2 aromatic carbocycles. The molecule has 0 bridgehead atoms. The van der Waals surface area contributed by atoms with Crippen LogP contribution in [-0.4, -0.2) is 125 Å². The molecule has 0 amide bonds. The van der Waals surface area contributed by atoms with E-state index in [1.807, 2.05) is 0 Å². The maximum Gasteiger partial charge on any atom is 2.00 e. The Balaban J connectivity index is 0.00000120. The van der Waals surface area contributed by atoms with Gasteiger partial charge in [0.2, 0.25) is 0 Å². The Kier molecular flexibility index (Phi) is 36.1. The van der Waals surface area contributed by atoms with Crippen LogP contribution in [0.15, 0.2) is 48.5 Å². The molecule has 0 saturated carbocycles. The summed E-state index contributed by atoms with van der Waals surface area (Å²) in [5, 5.41) is 0. The molecule has 14 nitrogen and oxygen atoms in total. The van der Waals surface area contributed by atoms with Gasteiger partial charge in [0.15, 0.2) is 0 Å². The van der Waals surface area contributed by atoms with Crippen LogP contribution in [0.25, 0.3) is 0 Å². The van der Waals surface area contributed by atoms with E-state index in [2.05, 4.69) is 13.8 Å². The SMILES string of the molecule is CCCCCCCCCCCCCOC(=O)c1ccccc1C(=O)OCCS(=O)(=O)[O-].CCCCCCCCCCCCCOC(=O)c1ccccc1C(=O)OCCS(=O)(=O)[O-].[Ca+2]. The minimum absolute atomic E-state index is 0. The van der Waals surface area contributed by atoms with Gasteiger partial charge >= 0.3 is 61.6 Å². The molecule has 0 fully saturated rings. The zero-order valence-corrected chi connectivity index (χ0v) is 41.5. The van der Waals surface area contributed by atoms with Crippen molar-refractivity contribution in [3.63, 3.8) is 0 Å². The third-order valence-corrected chi connectivity index (χ3v) is 11.2. The van der Waals surface area contributed by atoms with Crippen molar-refractivity contribution in [3.8, 4) is 0 Å². The van der Waals surface area contributed by atoms with Gasteiger partial charge in [0.1, 0.15) is 13.2 Å². The smallest absolute Gasteiger partial charge is 0.748 e. The van der Waals surface area contributed by atoms with Crippen LogP contribution in [0.5, 0.6) is 0 Å². The van der Waals surface area contributed by atoms with Crippen LogP contribution in [0.3, 0.4) is 0 Å². The fourth-order valence-electron chi connectivity index (χ4n) is 6.32. The van der Waals surface area contributed by atoms with E-state index in [0.29, 0.717) is 0 Å². The molecule has 0 aliphatic heterocycles. The molecule has 0 spiro atoms. The first-order valence-corrected chi connectivity index (χ1v) is 25.6. The van der Waals surface area contributed by atoms with Crippen molar-refractivity contribution in [1.82, 2.24) is 0 Å². The number of esters is 4. The molecule has 0 aromatic heterocycles. The Hall–Kier alpha value is -2.60. The number of ether oxygens (including phenoxy) is 4. The van der Waals surface area contributed by atoms with Crippen LogP contribution in [0, 0.1) is 0 Å². The maximum atomic E-state index is 12.3. The van der Waals surface area contributed by atoms with Crippen molar-refractivity contribution in [3.05, 3.63) is 70.8 Å². The van der Waals surface area contributed by atoms with E-state index in [1.54, 1.807) is 24.3 Å². The van der Waals surface area contributed by atoms with Crippen LogP contribution < -0.4 is 0 Å². The van der Waals surface area contributed by atoms with Gasteiger partial charge < -0.3 is 28.1 Å². The summed E-state index contributed by atoms with van der Waals surface area (Å²) >= 11 is 0. The molecular formula is C46H70CaO14S2. The first-order valence-electron chi connectivity index (χ1n) is 22.4. The van der Waals surface area contributed by atoms with Gasteiger partial charge in [-0.05, 0) is 37.1 Å². The Morgan fingerprint density at radius 1 is 0.381 bits per heavy atom. The molecule has 0 atom stereocenters. The van der Waals surface area contributed by atoms with E-state index < -0.39 is 68.8 Å². The first-order chi connectivity index (χ1) is 29.7. The van der Waals surface area contributed by atoms with Gasteiger partial charge in [0.25, 0.3) is 0 Å². The normalized spacial score (nSPS) is 11.1. The molecule has 17 heteroatoms. The fraction of sp³-hybridized carbons (Fsp3) is 0.652. The third-order valence-electron chi connectivity index (χ3n) is 9.83. The van der Waals surface area contributed by atoms with Crippen LogP contribution in [0.2, 0.25) is 0 Å². The second kappa shape index (κ2) is 37.6. The predicted molar refractivity (Wildman–Crippen MR) is 242 cm³/mol. The number of rotatable bonds is 34. The Morgan fingerprint density at radius 3 is 0.810 bits per heavy atom. The van der Waals surface area contributed by atoms with E-state index in [1.165, 1.54) is 127 Å². The van der Waals surface area contributed by atoms with Crippen molar-refractivity contribution in [2.75, 3.05) is 37.9 Å². The molecule has 0 radical (unpaired) electrons. The number of carbonyl (C=O) groups excluding carboxylic acids is 4. The molecular weight excluding hydrogens is 881 g/mol. The van der Waals surface area contributed by atoms with Crippen molar-refractivity contribution in [2.45, 2.75) is 155 Å². The second-order valence-electron chi connectivity index (χ2n) is 15.2. The summed E-state index contributed by atoms with van der Waals surface area (Å²) in [7, 11) is -8.96. The van der Waals surface area contributed by atoms with E-state index in [0.717, 1.165) is 38.5 Å². The standard InChI is InChI=1S/2C23H36O7S.Ca/c2*1-2-3-4-5-6-7-8-9-10-11-14-17-29-22(24)20-15-12-13-16-21(20)23(25)30-18-19-31(26,27)28;/h2*12-13,15-16H,2-11,14,17-19H2,1H3,(H,26,27,28);/q;;+2/p-2. The molecule has 2 aromatic rings. The molecule has 0 heterocycles. The summed E-state index contributed by atoms with van der Waals surface area (Å²) < 4.78 is 83.7. The zero-order valence-electron chi connectivity index (χ0n) is 37.7. The number of unbranched alkanes of at least 4 members (excludes halogenated alkanes) is 20. The largest absolute Gasteiger partial charge is 2.00 e. The monoisotopic (exact) mass is 950 g/mol. The van der Waals surface area contributed by atoms with Gasteiger partial charge in [0.05, 0.1) is 67.2 Å². The van der Waals surface area contributed by atoms with Gasteiger partial charge in [-0.15, -0.1) is 0 Å².